The van der Waals surface area contributed by atoms with E-state index in [0.29, 0.717) is 0 Å². The summed E-state index contributed by atoms with van der Waals surface area (Å²) in [6.07, 6.45) is 7.44. The summed E-state index contributed by atoms with van der Waals surface area (Å²) in [6.45, 7) is 0.0851. The number of halogens is 1. The van der Waals surface area contributed by atoms with Crippen LogP contribution in [0.1, 0.15) is 0 Å². The Balaban J connectivity index is 2.53. The van der Waals surface area contributed by atoms with Gasteiger partial charge in [-0.1, -0.05) is 5.92 Å². The fourth-order valence-corrected chi connectivity index (χ4v) is 0.613. The van der Waals surface area contributed by atoms with Gasteiger partial charge in [0.1, 0.15) is 6.61 Å². The second-order valence-corrected chi connectivity index (χ2v) is 1.95. The quantitative estimate of drug-likeness (QED) is 0.416. The maximum absolute atomic E-state index is 12.8. The topological polar surface area (TPSA) is 34.1 Å². The molecule has 0 aliphatic rings. The van der Waals surface area contributed by atoms with Crippen LogP contribution in [0.4, 0.5) is 10.1 Å². The molecular formula is C8H7FN2O. The van der Waals surface area contributed by atoms with Crippen LogP contribution in [0.2, 0.25) is 0 Å². The molecule has 3 nitrogen and oxygen atoms in total. The summed E-state index contributed by atoms with van der Waals surface area (Å²) in [4.78, 5) is 8.26. The SMILES string of the molecule is C#CCONc1ccncc1F. The molecule has 62 valence electrons. The summed E-state index contributed by atoms with van der Waals surface area (Å²) < 4.78 is 12.8. The molecule has 0 amide bonds. The Morgan fingerprint density at radius 2 is 2.58 bits per heavy atom. The average Bonchev–Trinajstić information content (AvgIpc) is 2.09. The first-order valence-corrected chi connectivity index (χ1v) is 3.25. The predicted octanol–water partition coefficient (Wildman–Crippen LogP) is 1.20. The van der Waals surface area contributed by atoms with E-state index >= 15 is 0 Å². The number of terminal acetylenes is 1. The number of nitrogens with zero attached hydrogens (tertiary/aromatic N) is 1. The van der Waals surface area contributed by atoms with Gasteiger partial charge < -0.3 is 0 Å². The highest BCUT2D eigenvalue weighted by atomic mass is 19.1. The smallest absolute Gasteiger partial charge is 0.166 e. The van der Waals surface area contributed by atoms with Crippen LogP contribution < -0.4 is 5.48 Å². The van der Waals surface area contributed by atoms with E-state index in [2.05, 4.69) is 16.4 Å². The maximum Gasteiger partial charge on any atom is 0.166 e. The van der Waals surface area contributed by atoms with Gasteiger partial charge in [0.05, 0.1) is 11.9 Å². The van der Waals surface area contributed by atoms with Crippen molar-refractivity contribution in [1.82, 2.24) is 4.98 Å². The van der Waals surface area contributed by atoms with Gasteiger partial charge in [-0.3, -0.25) is 15.3 Å². The Morgan fingerprint density at radius 1 is 1.75 bits per heavy atom. The first-order chi connectivity index (χ1) is 5.84. The molecule has 0 aliphatic heterocycles. The molecule has 0 fully saturated rings. The van der Waals surface area contributed by atoms with Crippen LogP contribution in [0.25, 0.3) is 0 Å². The second-order valence-electron chi connectivity index (χ2n) is 1.95. The average molecular weight is 166 g/mol. The van der Waals surface area contributed by atoms with Gasteiger partial charge in [0, 0.05) is 6.20 Å². The molecule has 12 heavy (non-hydrogen) atoms. The molecule has 1 heterocycles. The van der Waals surface area contributed by atoms with Crippen LogP contribution in [-0.4, -0.2) is 11.6 Å². The van der Waals surface area contributed by atoms with Gasteiger partial charge >= 0.3 is 0 Å². The minimum absolute atomic E-state index is 0.0851. The van der Waals surface area contributed by atoms with E-state index in [1.54, 1.807) is 0 Å². The summed E-state index contributed by atoms with van der Waals surface area (Å²) >= 11 is 0. The zero-order valence-electron chi connectivity index (χ0n) is 6.25. The van der Waals surface area contributed by atoms with E-state index in [0.717, 1.165) is 6.20 Å². The molecule has 0 radical (unpaired) electrons. The monoisotopic (exact) mass is 166 g/mol. The lowest BCUT2D eigenvalue weighted by molar-refractivity contribution is 0.232. The highest BCUT2D eigenvalue weighted by Crippen LogP contribution is 2.09. The van der Waals surface area contributed by atoms with Crippen molar-refractivity contribution in [2.24, 2.45) is 0 Å². The van der Waals surface area contributed by atoms with Crippen LogP contribution in [0.15, 0.2) is 18.5 Å². The van der Waals surface area contributed by atoms with Crippen LogP contribution in [0, 0.1) is 18.2 Å². The lowest BCUT2D eigenvalue weighted by Gasteiger charge is -2.03. The molecule has 0 atom stereocenters. The van der Waals surface area contributed by atoms with Crippen LogP contribution in [0.3, 0.4) is 0 Å². The first kappa shape index (κ1) is 8.50. The van der Waals surface area contributed by atoms with Crippen molar-refractivity contribution in [2.45, 2.75) is 0 Å². The van der Waals surface area contributed by atoms with Gasteiger partial charge in [-0.15, -0.1) is 6.42 Å². The Morgan fingerprint density at radius 3 is 3.25 bits per heavy atom. The normalized spacial score (nSPS) is 9.00. The van der Waals surface area contributed by atoms with Crippen molar-refractivity contribution in [3.8, 4) is 12.3 Å². The van der Waals surface area contributed by atoms with Crippen molar-refractivity contribution in [2.75, 3.05) is 12.1 Å². The molecule has 1 aromatic rings. The summed E-state index contributed by atoms with van der Waals surface area (Å²) in [6, 6.07) is 1.45. The molecular weight excluding hydrogens is 159 g/mol. The van der Waals surface area contributed by atoms with Gasteiger partial charge in [-0.05, 0) is 6.07 Å². The third-order valence-corrected chi connectivity index (χ3v) is 1.11. The first-order valence-electron chi connectivity index (χ1n) is 3.25. The molecule has 1 rings (SSSR count). The minimum Gasteiger partial charge on any atom is -0.263 e. The molecule has 1 aromatic heterocycles. The Kier molecular flexibility index (Phi) is 3.05. The van der Waals surface area contributed by atoms with Crippen molar-refractivity contribution in [3.63, 3.8) is 0 Å². The number of anilines is 1. The van der Waals surface area contributed by atoms with Crippen molar-refractivity contribution in [1.29, 1.82) is 0 Å². The lowest BCUT2D eigenvalue weighted by Crippen LogP contribution is -2.02. The molecule has 0 saturated carbocycles. The summed E-state index contributed by atoms with van der Waals surface area (Å²) in [5, 5.41) is 0. The fraction of sp³-hybridized carbons (Fsp3) is 0.125. The van der Waals surface area contributed by atoms with Crippen LogP contribution in [0.5, 0.6) is 0 Å². The van der Waals surface area contributed by atoms with Gasteiger partial charge in [-0.2, -0.15) is 0 Å². The number of rotatable bonds is 3. The number of pyridine rings is 1. The van der Waals surface area contributed by atoms with E-state index in [4.69, 9.17) is 11.3 Å². The second kappa shape index (κ2) is 4.31. The molecule has 1 N–H and O–H groups in total. The lowest BCUT2D eigenvalue weighted by atomic mass is 10.4. The predicted molar refractivity (Wildman–Crippen MR) is 42.6 cm³/mol. The Bertz CT molecular complexity index is 295. The van der Waals surface area contributed by atoms with E-state index in [-0.39, 0.29) is 12.3 Å². The van der Waals surface area contributed by atoms with E-state index in [1.165, 1.54) is 12.3 Å². The molecule has 0 saturated heterocycles. The van der Waals surface area contributed by atoms with Crippen molar-refractivity contribution in [3.05, 3.63) is 24.3 Å². The number of nitrogens with one attached hydrogen (secondary N) is 1. The van der Waals surface area contributed by atoms with E-state index in [1.807, 2.05) is 0 Å². The summed E-state index contributed by atoms with van der Waals surface area (Å²) in [5.41, 5.74) is 2.58. The minimum atomic E-state index is -0.477. The van der Waals surface area contributed by atoms with Gasteiger partial charge in [0.15, 0.2) is 5.82 Å². The molecule has 0 bridgehead atoms. The van der Waals surface area contributed by atoms with Crippen LogP contribution in [-0.2, 0) is 4.84 Å². The Labute approximate surface area is 69.5 Å². The summed E-state index contributed by atoms with van der Waals surface area (Å²) in [7, 11) is 0. The third kappa shape index (κ3) is 2.22. The van der Waals surface area contributed by atoms with E-state index < -0.39 is 5.82 Å². The number of hydrogen-bond donors (Lipinski definition) is 1. The molecule has 0 aliphatic carbocycles. The number of aromatic nitrogens is 1. The summed E-state index contributed by atoms with van der Waals surface area (Å²) in [5.74, 6) is 1.76. The van der Waals surface area contributed by atoms with Gasteiger partial charge in [-0.25, -0.2) is 4.39 Å². The molecule has 0 aromatic carbocycles. The van der Waals surface area contributed by atoms with Gasteiger partial charge in [0.25, 0.3) is 0 Å². The molecule has 0 unspecified atom stereocenters. The zero-order valence-corrected chi connectivity index (χ0v) is 6.25. The highest BCUT2D eigenvalue weighted by molar-refractivity contribution is 5.40. The standard InChI is InChI=1S/C8H7FN2O/c1-2-5-12-11-8-3-4-10-6-7(8)9/h1,3-4,6H,5H2,(H,10,11). The Hall–Kier alpha value is -1.60. The van der Waals surface area contributed by atoms with Crippen molar-refractivity contribution >= 4 is 5.69 Å². The third-order valence-electron chi connectivity index (χ3n) is 1.11. The van der Waals surface area contributed by atoms with Gasteiger partial charge in [0.2, 0.25) is 0 Å². The zero-order chi connectivity index (χ0) is 8.81. The van der Waals surface area contributed by atoms with E-state index in [9.17, 15) is 4.39 Å². The largest absolute Gasteiger partial charge is 0.263 e. The highest BCUT2D eigenvalue weighted by Gasteiger charge is 1.98. The fourth-order valence-electron chi connectivity index (χ4n) is 0.613. The van der Waals surface area contributed by atoms with Crippen LogP contribution >= 0.6 is 0 Å². The van der Waals surface area contributed by atoms with Crippen molar-refractivity contribution < 1.29 is 9.23 Å². The maximum atomic E-state index is 12.8. The number of hydrogen-bond acceptors (Lipinski definition) is 3. The molecule has 4 heteroatoms. The molecule has 0 spiro atoms.